The van der Waals surface area contributed by atoms with Crippen molar-refractivity contribution in [3.8, 4) is 17.2 Å². The summed E-state index contributed by atoms with van der Waals surface area (Å²) in [5.74, 6) is 0.464. The lowest BCUT2D eigenvalue weighted by atomic mass is 10.2. The SMILES string of the molecule is O=C(CSc1nnc(-c2ccccc2O)o1)Nc1nc2ccccc2[nH]1. The Labute approximate surface area is 151 Å². The number of imidazole rings is 1. The van der Waals surface area contributed by atoms with Crippen LogP contribution in [0.5, 0.6) is 5.75 Å². The van der Waals surface area contributed by atoms with E-state index in [4.69, 9.17) is 4.42 Å². The molecule has 0 aliphatic heterocycles. The molecule has 9 heteroatoms. The summed E-state index contributed by atoms with van der Waals surface area (Å²) in [5.41, 5.74) is 2.07. The molecule has 0 spiro atoms. The van der Waals surface area contributed by atoms with E-state index < -0.39 is 0 Å². The number of carbonyl (C=O) groups is 1. The average molecular weight is 367 g/mol. The zero-order chi connectivity index (χ0) is 17.9. The number of hydrogen-bond donors (Lipinski definition) is 3. The van der Waals surface area contributed by atoms with Crippen LogP contribution in [0, 0.1) is 0 Å². The first-order valence-corrected chi connectivity index (χ1v) is 8.67. The Morgan fingerprint density at radius 3 is 2.81 bits per heavy atom. The van der Waals surface area contributed by atoms with E-state index in [1.165, 1.54) is 6.07 Å². The summed E-state index contributed by atoms with van der Waals surface area (Å²) < 4.78 is 5.48. The number of aromatic nitrogens is 4. The Morgan fingerprint density at radius 1 is 1.15 bits per heavy atom. The molecule has 2 heterocycles. The van der Waals surface area contributed by atoms with Crippen molar-refractivity contribution in [2.75, 3.05) is 11.1 Å². The van der Waals surface area contributed by atoms with E-state index in [0.717, 1.165) is 22.8 Å². The molecule has 1 amide bonds. The molecule has 0 atom stereocenters. The smallest absolute Gasteiger partial charge is 0.277 e. The van der Waals surface area contributed by atoms with Gasteiger partial charge in [-0.3, -0.25) is 10.1 Å². The van der Waals surface area contributed by atoms with Gasteiger partial charge in [-0.2, -0.15) is 0 Å². The standard InChI is InChI=1S/C17H13N5O3S/c23-13-8-4-1-5-10(13)15-21-22-17(25-15)26-9-14(24)20-16-18-11-6-2-3-7-12(11)19-16/h1-8,23H,9H2,(H2,18,19,20,24). The highest BCUT2D eigenvalue weighted by atomic mass is 32.2. The second-order valence-electron chi connectivity index (χ2n) is 5.33. The van der Waals surface area contributed by atoms with E-state index in [0.29, 0.717) is 11.5 Å². The minimum Gasteiger partial charge on any atom is -0.507 e. The first kappa shape index (κ1) is 16.2. The molecule has 2 aromatic heterocycles. The summed E-state index contributed by atoms with van der Waals surface area (Å²) in [6, 6.07) is 14.2. The van der Waals surface area contributed by atoms with Gasteiger partial charge >= 0.3 is 0 Å². The fourth-order valence-electron chi connectivity index (χ4n) is 2.34. The molecule has 0 saturated carbocycles. The number of anilines is 1. The maximum absolute atomic E-state index is 12.1. The molecule has 3 N–H and O–H groups in total. The van der Waals surface area contributed by atoms with Gasteiger partial charge in [-0.1, -0.05) is 36.0 Å². The predicted molar refractivity (Wildman–Crippen MR) is 96.8 cm³/mol. The van der Waals surface area contributed by atoms with E-state index >= 15 is 0 Å². The number of amides is 1. The average Bonchev–Trinajstić information content (AvgIpc) is 3.26. The van der Waals surface area contributed by atoms with E-state index in [-0.39, 0.29) is 28.5 Å². The Balaban J connectivity index is 1.38. The van der Waals surface area contributed by atoms with Crippen LogP contribution in [0.15, 0.2) is 58.2 Å². The van der Waals surface area contributed by atoms with Gasteiger partial charge in [0.05, 0.1) is 22.3 Å². The van der Waals surface area contributed by atoms with Gasteiger partial charge in [-0.05, 0) is 24.3 Å². The summed E-state index contributed by atoms with van der Waals surface area (Å²) in [6.45, 7) is 0. The number of aromatic hydroxyl groups is 1. The van der Waals surface area contributed by atoms with Crippen LogP contribution in [0.1, 0.15) is 0 Å². The largest absolute Gasteiger partial charge is 0.507 e. The lowest BCUT2D eigenvalue weighted by Gasteiger charge is -1.99. The summed E-state index contributed by atoms with van der Waals surface area (Å²) >= 11 is 1.10. The molecule has 4 rings (SSSR count). The number of nitrogens with zero attached hydrogens (tertiary/aromatic N) is 3. The van der Waals surface area contributed by atoms with Crippen LogP contribution in [-0.2, 0) is 4.79 Å². The van der Waals surface area contributed by atoms with E-state index in [2.05, 4.69) is 25.5 Å². The predicted octanol–water partition coefficient (Wildman–Crippen LogP) is 3.05. The molecule has 26 heavy (non-hydrogen) atoms. The van der Waals surface area contributed by atoms with Crippen LogP contribution in [0.25, 0.3) is 22.5 Å². The number of benzene rings is 2. The summed E-state index contributed by atoms with van der Waals surface area (Å²) in [4.78, 5) is 19.4. The highest BCUT2D eigenvalue weighted by Gasteiger charge is 2.14. The third kappa shape index (κ3) is 3.38. The van der Waals surface area contributed by atoms with E-state index in [1.54, 1.807) is 18.2 Å². The molecule has 0 aliphatic carbocycles. The number of H-pyrrole nitrogens is 1. The number of hydrogen-bond acceptors (Lipinski definition) is 7. The highest BCUT2D eigenvalue weighted by Crippen LogP contribution is 2.29. The van der Waals surface area contributed by atoms with Gasteiger partial charge in [0, 0.05) is 0 Å². The first-order chi connectivity index (χ1) is 12.7. The Hall–Kier alpha value is -3.33. The van der Waals surface area contributed by atoms with Gasteiger partial charge in [0.25, 0.3) is 11.1 Å². The molecule has 0 saturated heterocycles. The maximum atomic E-state index is 12.1. The quantitative estimate of drug-likeness (QED) is 0.464. The van der Waals surface area contributed by atoms with Crippen molar-refractivity contribution in [3.63, 3.8) is 0 Å². The Morgan fingerprint density at radius 2 is 1.96 bits per heavy atom. The molecule has 0 aliphatic rings. The lowest BCUT2D eigenvalue weighted by Crippen LogP contribution is -2.14. The minimum absolute atomic E-state index is 0.0512. The van der Waals surface area contributed by atoms with Crippen LogP contribution in [0.2, 0.25) is 0 Å². The topological polar surface area (TPSA) is 117 Å². The van der Waals surface area contributed by atoms with Crippen LogP contribution in [0.3, 0.4) is 0 Å². The van der Waals surface area contributed by atoms with Crippen LogP contribution >= 0.6 is 11.8 Å². The van der Waals surface area contributed by atoms with Crippen LogP contribution in [-0.4, -0.2) is 36.9 Å². The number of thioether (sulfide) groups is 1. The number of nitrogens with one attached hydrogen (secondary N) is 2. The number of fused-ring (bicyclic) bond motifs is 1. The third-order valence-electron chi connectivity index (χ3n) is 3.51. The van der Waals surface area contributed by atoms with Gasteiger partial charge in [-0.25, -0.2) is 4.98 Å². The van der Waals surface area contributed by atoms with Crippen molar-refractivity contribution in [1.82, 2.24) is 20.2 Å². The maximum Gasteiger partial charge on any atom is 0.277 e. The summed E-state index contributed by atoms with van der Waals surface area (Å²) in [5, 5.41) is 20.5. The third-order valence-corrected chi connectivity index (χ3v) is 4.33. The Kier molecular flexibility index (Phi) is 4.28. The number of aromatic amines is 1. The Bertz CT molecular complexity index is 1040. The van der Waals surface area contributed by atoms with Crippen molar-refractivity contribution in [2.24, 2.45) is 0 Å². The van der Waals surface area contributed by atoms with Gasteiger partial charge in [0.1, 0.15) is 5.75 Å². The normalized spacial score (nSPS) is 10.9. The van der Waals surface area contributed by atoms with Gasteiger partial charge in [-0.15, -0.1) is 10.2 Å². The molecule has 130 valence electrons. The molecular formula is C17H13N5O3S. The number of phenolic OH excluding ortho intramolecular Hbond substituents is 1. The van der Waals surface area contributed by atoms with E-state index in [9.17, 15) is 9.90 Å². The second kappa shape index (κ2) is 6.89. The number of para-hydroxylation sites is 3. The summed E-state index contributed by atoms with van der Waals surface area (Å²) in [7, 11) is 0. The molecular weight excluding hydrogens is 354 g/mol. The fraction of sp³-hybridized carbons (Fsp3) is 0.0588. The molecule has 0 fully saturated rings. The minimum atomic E-state index is -0.253. The van der Waals surface area contributed by atoms with Crippen LogP contribution in [0.4, 0.5) is 5.95 Å². The number of rotatable bonds is 5. The number of carbonyl (C=O) groups excluding carboxylic acids is 1. The zero-order valence-corrected chi connectivity index (χ0v) is 14.2. The molecule has 4 aromatic rings. The fourth-order valence-corrected chi connectivity index (χ4v) is 2.90. The molecule has 8 nitrogen and oxygen atoms in total. The highest BCUT2D eigenvalue weighted by molar-refractivity contribution is 7.99. The first-order valence-electron chi connectivity index (χ1n) is 7.68. The van der Waals surface area contributed by atoms with E-state index in [1.807, 2.05) is 24.3 Å². The summed E-state index contributed by atoms with van der Waals surface area (Å²) in [6.07, 6.45) is 0. The number of phenols is 1. The second-order valence-corrected chi connectivity index (χ2v) is 6.26. The molecule has 0 bridgehead atoms. The zero-order valence-electron chi connectivity index (χ0n) is 13.3. The van der Waals surface area contributed by atoms with Crippen molar-refractivity contribution in [3.05, 3.63) is 48.5 Å². The molecule has 0 unspecified atom stereocenters. The van der Waals surface area contributed by atoms with Crippen molar-refractivity contribution in [1.29, 1.82) is 0 Å². The monoisotopic (exact) mass is 367 g/mol. The molecule has 0 radical (unpaired) electrons. The van der Waals surface area contributed by atoms with Crippen molar-refractivity contribution < 1.29 is 14.3 Å². The van der Waals surface area contributed by atoms with Crippen molar-refractivity contribution in [2.45, 2.75) is 5.22 Å². The van der Waals surface area contributed by atoms with Crippen molar-refractivity contribution >= 4 is 34.7 Å². The molecule has 2 aromatic carbocycles. The van der Waals surface area contributed by atoms with Gasteiger partial charge < -0.3 is 14.5 Å². The lowest BCUT2D eigenvalue weighted by molar-refractivity contribution is -0.113. The van der Waals surface area contributed by atoms with Gasteiger partial charge in [0.15, 0.2) is 0 Å². The van der Waals surface area contributed by atoms with Gasteiger partial charge in [0.2, 0.25) is 11.9 Å². The van der Waals surface area contributed by atoms with Crippen LogP contribution < -0.4 is 5.32 Å².